The van der Waals surface area contributed by atoms with Crippen LogP contribution in [0, 0.1) is 0 Å². The van der Waals surface area contributed by atoms with E-state index in [-0.39, 0.29) is 11.5 Å². The molecule has 1 heterocycles. The molecule has 4 nitrogen and oxygen atoms in total. The van der Waals surface area contributed by atoms with Gasteiger partial charge in [0.15, 0.2) is 0 Å². The van der Waals surface area contributed by atoms with Gasteiger partial charge in [-0.2, -0.15) is 0 Å². The molecule has 1 fully saturated rings. The number of halogens is 4. The van der Waals surface area contributed by atoms with E-state index in [9.17, 15) is 9.90 Å². The van der Waals surface area contributed by atoms with E-state index in [1.54, 1.807) is 18.2 Å². The zero-order valence-corrected chi connectivity index (χ0v) is 18.8. The van der Waals surface area contributed by atoms with Crippen molar-refractivity contribution in [1.82, 2.24) is 4.98 Å². The third-order valence-corrected chi connectivity index (χ3v) is 6.71. The molecule has 30 heavy (non-hydrogen) atoms. The monoisotopic (exact) mass is 482 g/mol. The number of rotatable bonds is 4. The molecule has 0 bridgehead atoms. The van der Waals surface area contributed by atoms with Crippen LogP contribution in [0.25, 0.3) is 10.9 Å². The van der Waals surface area contributed by atoms with Gasteiger partial charge in [-0.05, 0) is 73.6 Å². The van der Waals surface area contributed by atoms with Crippen LogP contribution in [-0.2, 0) is 0 Å². The number of aromatic nitrogens is 1. The molecule has 0 saturated heterocycles. The van der Waals surface area contributed by atoms with Crippen LogP contribution >= 0.6 is 46.4 Å². The minimum atomic E-state index is -1.07. The number of carbonyl (C=O) groups is 1. The minimum absolute atomic E-state index is 0.0876. The summed E-state index contributed by atoms with van der Waals surface area (Å²) in [4.78, 5) is 16.4. The normalized spacial score (nSPS) is 16.5. The summed E-state index contributed by atoms with van der Waals surface area (Å²) in [6, 6.07) is 10.2. The third-order valence-electron chi connectivity index (χ3n) is 5.49. The Morgan fingerprint density at radius 1 is 1.07 bits per heavy atom. The van der Waals surface area contributed by atoms with E-state index < -0.39 is 10.3 Å². The number of carboxylic acids is 1. The Hall–Kier alpha value is -1.72. The van der Waals surface area contributed by atoms with E-state index in [2.05, 4.69) is 10.3 Å². The van der Waals surface area contributed by atoms with Crippen molar-refractivity contribution in [3.05, 3.63) is 63.8 Å². The molecular formula is C22H18Cl4N2O2. The summed E-state index contributed by atoms with van der Waals surface area (Å²) in [6.07, 6.45) is 4.81. The quantitative estimate of drug-likeness (QED) is 0.371. The fourth-order valence-electron chi connectivity index (χ4n) is 3.92. The highest BCUT2D eigenvalue weighted by Crippen LogP contribution is 2.47. The lowest BCUT2D eigenvalue weighted by atomic mass is 9.83. The predicted octanol–water partition coefficient (Wildman–Crippen LogP) is 7.81. The van der Waals surface area contributed by atoms with Gasteiger partial charge >= 0.3 is 5.97 Å². The number of benzene rings is 2. The maximum atomic E-state index is 11.8. The number of alkyl halides is 2. The van der Waals surface area contributed by atoms with Gasteiger partial charge in [0.25, 0.3) is 0 Å². The van der Waals surface area contributed by atoms with E-state index >= 15 is 0 Å². The van der Waals surface area contributed by atoms with Crippen LogP contribution in [-0.4, -0.2) is 20.4 Å². The standard InChI is InChI=1S/C22H18Cl4N2O2/c23-13-1-3-18-15(9-13)20(28-19-4-2-14(24)10-16(19)21(29)30)17(11-27-18)12-5-7-22(25,26)8-6-12/h1-4,9-12H,5-8H2,(H,27,28)(H,29,30). The maximum Gasteiger partial charge on any atom is 0.337 e. The molecule has 0 unspecified atom stereocenters. The lowest BCUT2D eigenvalue weighted by Crippen LogP contribution is -2.22. The number of nitrogens with zero attached hydrogens (tertiary/aromatic N) is 1. The van der Waals surface area contributed by atoms with Crippen molar-refractivity contribution in [3.63, 3.8) is 0 Å². The number of fused-ring (bicyclic) bond motifs is 1. The molecule has 3 aromatic rings. The first kappa shape index (κ1) is 21.5. The van der Waals surface area contributed by atoms with Gasteiger partial charge in [0.2, 0.25) is 0 Å². The Morgan fingerprint density at radius 2 is 1.73 bits per heavy atom. The Morgan fingerprint density at radius 3 is 2.43 bits per heavy atom. The Bertz CT molecular complexity index is 1120. The van der Waals surface area contributed by atoms with Crippen LogP contribution in [0.5, 0.6) is 0 Å². The van der Waals surface area contributed by atoms with Crippen molar-refractivity contribution in [2.45, 2.75) is 35.9 Å². The Kier molecular flexibility index (Phi) is 6.04. The number of pyridine rings is 1. The van der Waals surface area contributed by atoms with Gasteiger partial charge in [-0.15, -0.1) is 23.2 Å². The SMILES string of the molecule is O=C(O)c1cc(Cl)ccc1Nc1c(C2CCC(Cl)(Cl)CC2)cnc2ccc(Cl)cc12. The number of hydrogen-bond acceptors (Lipinski definition) is 3. The highest BCUT2D eigenvalue weighted by molar-refractivity contribution is 6.48. The molecule has 1 aliphatic rings. The fraction of sp³-hybridized carbons (Fsp3) is 0.273. The van der Waals surface area contributed by atoms with E-state index in [0.717, 1.165) is 35.0 Å². The largest absolute Gasteiger partial charge is 0.478 e. The van der Waals surface area contributed by atoms with Gasteiger partial charge in [0.05, 0.1) is 22.5 Å². The summed E-state index contributed by atoms with van der Waals surface area (Å²) < 4.78 is -0.704. The van der Waals surface area contributed by atoms with Gasteiger partial charge in [-0.3, -0.25) is 4.98 Å². The van der Waals surface area contributed by atoms with Crippen molar-refractivity contribution in [1.29, 1.82) is 0 Å². The average Bonchev–Trinajstić information content (AvgIpc) is 2.69. The smallest absolute Gasteiger partial charge is 0.337 e. The zero-order chi connectivity index (χ0) is 21.5. The molecule has 0 aliphatic heterocycles. The second kappa shape index (κ2) is 8.43. The summed E-state index contributed by atoms with van der Waals surface area (Å²) >= 11 is 24.9. The van der Waals surface area contributed by atoms with Crippen LogP contribution in [0.2, 0.25) is 10.0 Å². The average molecular weight is 484 g/mol. The van der Waals surface area contributed by atoms with Crippen molar-refractivity contribution in [2.24, 2.45) is 0 Å². The first-order chi connectivity index (χ1) is 14.2. The lowest BCUT2D eigenvalue weighted by molar-refractivity contribution is 0.0698. The number of anilines is 2. The summed E-state index contributed by atoms with van der Waals surface area (Å²) in [5.41, 5.74) is 3.07. The van der Waals surface area contributed by atoms with Crippen molar-refractivity contribution in [3.8, 4) is 0 Å². The Balaban J connectivity index is 1.85. The van der Waals surface area contributed by atoms with Gasteiger partial charge in [-0.1, -0.05) is 23.2 Å². The van der Waals surface area contributed by atoms with Gasteiger partial charge in [-0.25, -0.2) is 4.79 Å². The Labute approximate surface area is 194 Å². The second-order valence-corrected chi connectivity index (χ2v) is 10.0. The zero-order valence-electron chi connectivity index (χ0n) is 15.8. The van der Waals surface area contributed by atoms with Gasteiger partial charge < -0.3 is 10.4 Å². The number of nitrogens with one attached hydrogen (secondary N) is 1. The first-order valence-electron chi connectivity index (χ1n) is 9.49. The second-order valence-electron chi connectivity index (χ2n) is 7.50. The third kappa shape index (κ3) is 4.47. The lowest BCUT2D eigenvalue weighted by Gasteiger charge is -2.32. The number of aromatic carboxylic acids is 1. The molecule has 2 N–H and O–H groups in total. The number of carboxylic acid groups (broad SMARTS) is 1. The highest BCUT2D eigenvalue weighted by atomic mass is 35.5. The molecule has 4 rings (SSSR count). The van der Waals surface area contributed by atoms with E-state index in [1.165, 1.54) is 6.07 Å². The molecule has 1 aliphatic carbocycles. The minimum Gasteiger partial charge on any atom is -0.478 e. The van der Waals surface area contributed by atoms with Crippen LogP contribution < -0.4 is 5.32 Å². The number of hydrogen-bond donors (Lipinski definition) is 2. The van der Waals surface area contributed by atoms with Gasteiger partial charge in [0.1, 0.15) is 4.33 Å². The molecule has 0 radical (unpaired) electrons. The molecule has 1 aromatic heterocycles. The molecule has 1 saturated carbocycles. The topological polar surface area (TPSA) is 62.2 Å². The van der Waals surface area contributed by atoms with Crippen LogP contribution in [0.4, 0.5) is 11.4 Å². The van der Waals surface area contributed by atoms with E-state index in [1.807, 2.05) is 18.3 Å². The molecule has 0 atom stereocenters. The predicted molar refractivity (Wildman–Crippen MR) is 124 cm³/mol. The van der Waals surface area contributed by atoms with Gasteiger partial charge in [0, 0.05) is 21.6 Å². The molecular weight excluding hydrogens is 466 g/mol. The van der Waals surface area contributed by atoms with Crippen LogP contribution in [0.15, 0.2) is 42.6 Å². The highest BCUT2D eigenvalue weighted by Gasteiger charge is 2.33. The van der Waals surface area contributed by atoms with Crippen molar-refractivity contribution < 1.29 is 9.90 Å². The summed E-state index contributed by atoms with van der Waals surface area (Å²) in [7, 11) is 0. The molecule has 0 amide bonds. The van der Waals surface area contributed by atoms with E-state index in [0.29, 0.717) is 28.6 Å². The van der Waals surface area contributed by atoms with Crippen LogP contribution in [0.1, 0.15) is 47.5 Å². The maximum absolute atomic E-state index is 11.8. The molecule has 0 spiro atoms. The van der Waals surface area contributed by atoms with Crippen molar-refractivity contribution >= 4 is 74.7 Å². The van der Waals surface area contributed by atoms with Crippen LogP contribution in [0.3, 0.4) is 0 Å². The fourth-order valence-corrected chi connectivity index (χ4v) is 4.70. The summed E-state index contributed by atoms with van der Waals surface area (Å²) in [6.45, 7) is 0. The molecule has 2 aromatic carbocycles. The first-order valence-corrected chi connectivity index (χ1v) is 11.0. The molecule has 8 heteroatoms. The summed E-state index contributed by atoms with van der Waals surface area (Å²) in [5.74, 6) is -0.876. The van der Waals surface area contributed by atoms with Crippen molar-refractivity contribution in [2.75, 3.05) is 5.32 Å². The molecule has 156 valence electrons. The summed E-state index contributed by atoms with van der Waals surface area (Å²) in [5, 5.41) is 14.7. The van der Waals surface area contributed by atoms with E-state index in [4.69, 9.17) is 46.4 Å².